The Hall–Kier alpha value is -4.80. The molecule has 4 heteroatoms. The zero-order chi connectivity index (χ0) is 29.1. The highest BCUT2D eigenvalue weighted by atomic mass is 32.1. The van der Waals surface area contributed by atoms with Crippen LogP contribution in [-0.2, 0) is 0 Å². The normalized spacial score (nSPS) is 10.9. The number of hydrogen-bond donors (Lipinski definition) is 1. The van der Waals surface area contributed by atoms with Crippen molar-refractivity contribution in [3.05, 3.63) is 121 Å². The molecule has 8 rings (SSSR count). The van der Waals surface area contributed by atoms with Crippen molar-refractivity contribution in [2.24, 2.45) is 0 Å². The van der Waals surface area contributed by atoms with Crippen LogP contribution < -0.4 is 0 Å². The van der Waals surface area contributed by atoms with E-state index < -0.39 is 0 Å². The molecule has 3 nitrogen and oxygen atoms in total. The van der Waals surface area contributed by atoms with E-state index in [0.717, 1.165) is 16.7 Å². The van der Waals surface area contributed by atoms with Crippen LogP contribution in [0.4, 0.5) is 0 Å². The SMILES string of the molecule is CC=N.CCC.c1cc(-c2ccc3ccccc3c2)cc(-n2c3cccnc3c3c4sc5ccccc5c4ccc32)c1. The number of thiophene rings is 1. The van der Waals surface area contributed by atoms with Gasteiger partial charge in [-0.2, -0.15) is 0 Å². The Morgan fingerprint density at radius 3 is 2.29 bits per heavy atom. The van der Waals surface area contributed by atoms with Crippen LogP contribution in [0.3, 0.4) is 0 Å². The number of rotatable bonds is 2. The molecular formula is C38H33N3S. The Morgan fingerprint density at radius 2 is 1.45 bits per heavy atom. The first-order valence-electron chi connectivity index (χ1n) is 14.4. The van der Waals surface area contributed by atoms with Crippen LogP contribution in [0, 0.1) is 5.41 Å². The summed E-state index contributed by atoms with van der Waals surface area (Å²) in [5.41, 5.74) is 6.96. The molecule has 1 N–H and O–H groups in total. The number of pyridine rings is 1. The van der Waals surface area contributed by atoms with Crippen molar-refractivity contribution in [1.82, 2.24) is 9.55 Å². The standard InChI is InChI=1S/C33H20N2S.C3H8.C2H5N/c1-2-8-22-19-24(15-14-21(22)7-1)23-9-5-10-25(20-23)35-28-17-16-27-26-11-3-4-13-30(26)36-33(27)31(28)32-29(35)12-6-18-34-32;1-3-2;1-2-3/h1-20H;3H2,1-2H3;2-3H,1H3. The van der Waals surface area contributed by atoms with E-state index in [0.29, 0.717) is 0 Å². The van der Waals surface area contributed by atoms with Gasteiger partial charge in [0.25, 0.3) is 0 Å². The molecule has 0 spiro atoms. The molecule has 3 aromatic heterocycles. The predicted molar refractivity (Wildman–Crippen MR) is 185 cm³/mol. The van der Waals surface area contributed by atoms with Crippen LogP contribution in [0.25, 0.3) is 69.7 Å². The Bertz CT molecular complexity index is 2180. The largest absolute Gasteiger partial charge is 0.313 e. The van der Waals surface area contributed by atoms with E-state index in [1.54, 1.807) is 6.92 Å². The van der Waals surface area contributed by atoms with Crippen molar-refractivity contribution >= 4 is 70.4 Å². The summed E-state index contributed by atoms with van der Waals surface area (Å²) >= 11 is 1.86. The summed E-state index contributed by atoms with van der Waals surface area (Å²) in [7, 11) is 0. The number of aromatic nitrogens is 2. The van der Waals surface area contributed by atoms with Gasteiger partial charge >= 0.3 is 0 Å². The quantitative estimate of drug-likeness (QED) is 0.209. The van der Waals surface area contributed by atoms with Crippen LogP contribution in [0.15, 0.2) is 121 Å². The molecule has 42 heavy (non-hydrogen) atoms. The van der Waals surface area contributed by atoms with E-state index in [4.69, 9.17) is 10.4 Å². The van der Waals surface area contributed by atoms with Gasteiger partial charge < -0.3 is 9.98 Å². The third kappa shape index (κ3) is 4.84. The second-order valence-corrected chi connectivity index (χ2v) is 11.3. The van der Waals surface area contributed by atoms with E-state index in [-0.39, 0.29) is 0 Å². The second-order valence-electron chi connectivity index (χ2n) is 10.2. The first kappa shape index (κ1) is 27.4. The minimum Gasteiger partial charge on any atom is -0.313 e. The van der Waals surface area contributed by atoms with Gasteiger partial charge in [0.05, 0.1) is 16.6 Å². The summed E-state index contributed by atoms with van der Waals surface area (Å²) in [6.45, 7) is 5.92. The molecule has 8 aromatic rings. The smallest absolute Gasteiger partial charge is 0.0977 e. The Kier molecular flexibility index (Phi) is 7.81. The van der Waals surface area contributed by atoms with Gasteiger partial charge in [0.2, 0.25) is 0 Å². The first-order chi connectivity index (χ1) is 20.7. The van der Waals surface area contributed by atoms with Gasteiger partial charge in [-0.1, -0.05) is 93.1 Å². The molecule has 206 valence electrons. The number of fused-ring (bicyclic) bond motifs is 8. The monoisotopic (exact) mass is 563 g/mol. The molecule has 0 aliphatic rings. The van der Waals surface area contributed by atoms with Gasteiger partial charge in [-0.25, -0.2) is 0 Å². The molecule has 0 saturated heterocycles. The Morgan fingerprint density at radius 1 is 0.714 bits per heavy atom. The molecule has 0 aliphatic carbocycles. The van der Waals surface area contributed by atoms with Crippen molar-refractivity contribution in [2.75, 3.05) is 0 Å². The predicted octanol–water partition coefficient (Wildman–Crippen LogP) is 11.4. The highest BCUT2D eigenvalue weighted by Gasteiger charge is 2.18. The van der Waals surface area contributed by atoms with Gasteiger partial charge in [-0.3, -0.25) is 4.98 Å². The first-order valence-corrected chi connectivity index (χ1v) is 15.2. The van der Waals surface area contributed by atoms with Crippen LogP contribution in [0.5, 0.6) is 0 Å². The van der Waals surface area contributed by atoms with Crippen LogP contribution in [0.2, 0.25) is 0 Å². The molecule has 3 heterocycles. The molecule has 0 fully saturated rings. The van der Waals surface area contributed by atoms with E-state index in [1.165, 1.54) is 65.6 Å². The summed E-state index contributed by atoms with van der Waals surface area (Å²) in [5.74, 6) is 0. The third-order valence-electron chi connectivity index (χ3n) is 7.22. The maximum absolute atomic E-state index is 6.08. The minimum atomic E-state index is 1.06. The average molecular weight is 564 g/mol. The Labute approximate surface area is 250 Å². The Balaban J connectivity index is 0.000000488. The minimum absolute atomic E-state index is 1.06. The van der Waals surface area contributed by atoms with Gasteiger partial charge in [0.1, 0.15) is 0 Å². The summed E-state index contributed by atoms with van der Waals surface area (Å²) in [5, 5.41) is 12.5. The molecule has 0 atom stereocenters. The summed E-state index contributed by atoms with van der Waals surface area (Å²) in [6, 6.07) is 41.5. The van der Waals surface area contributed by atoms with Crippen molar-refractivity contribution in [1.29, 1.82) is 5.41 Å². The highest BCUT2D eigenvalue weighted by Crippen LogP contribution is 2.42. The van der Waals surface area contributed by atoms with E-state index in [9.17, 15) is 0 Å². The molecule has 0 saturated carbocycles. The van der Waals surface area contributed by atoms with E-state index >= 15 is 0 Å². The second kappa shape index (κ2) is 12.0. The topological polar surface area (TPSA) is 41.7 Å². The van der Waals surface area contributed by atoms with Crippen LogP contribution >= 0.6 is 11.3 Å². The van der Waals surface area contributed by atoms with Crippen molar-refractivity contribution in [3.8, 4) is 16.8 Å². The molecule has 5 aromatic carbocycles. The van der Waals surface area contributed by atoms with Gasteiger partial charge in [0.15, 0.2) is 0 Å². The lowest BCUT2D eigenvalue weighted by Crippen LogP contribution is -1.94. The molecule has 0 amide bonds. The number of nitrogens with zero attached hydrogens (tertiary/aromatic N) is 2. The summed E-state index contributed by atoms with van der Waals surface area (Å²) in [6.07, 6.45) is 4.41. The summed E-state index contributed by atoms with van der Waals surface area (Å²) in [4.78, 5) is 4.88. The fourth-order valence-corrected chi connectivity index (χ4v) is 6.81. The lowest BCUT2D eigenvalue weighted by Gasteiger charge is -2.11. The lowest BCUT2D eigenvalue weighted by atomic mass is 10.0. The fourth-order valence-electron chi connectivity index (χ4n) is 5.56. The van der Waals surface area contributed by atoms with Gasteiger partial charge in [-0.05, 0) is 77.5 Å². The fraction of sp³-hybridized carbons (Fsp3) is 0.105. The molecule has 0 bridgehead atoms. The zero-order valence-corrected chi connectivity index (χ0v) is 25.0. The molecule has 0 radical (unpaired) electrons. The van der Waals surface area contributed by atoms with Crippen molar-refractivity contribution < 1.29 is 0 Å². The highest BCUT2D eigenvalue weighted by molar-refractivity contribution is 7.26. The lowest BCUT2D eigenvalue weighted by molar-refractivity contribution is 1.09. The number of benzene rings is 5. The van der Waals surface area contributed by atoms with Gasteiger partial charge in [0, 0.05) is 37.4 Å². The zero-order valence-electron chi connectivity index (χ0n) is 24.1. The average Bonchev–Trinajstić information content (AvgIpc) is 3.57. The van der Waals surface area contributed by atoms with E-state index in [2.05, 4.69) is 128 Å². The number of nitrogens with one attached hydrogen (secondary N) is 1. The molecule has 0 aliphatic heterocycles. The maximum atomic E-state index is 6.08. The van der Waals surface area contributed by atoms with Crippen LogP contribution in [0.1, 0.15) is 27.2 Å². The molecule has 0 unspecified atom stereocenters. The van der Waals surface area contributed by atoms with Gasteiger partial charge in [-0.15, -0.1) is 11.3 Å². The van der Waals surface area contributed by atoms with E-state index in [1.807, 2.05) is 23.6 Å². The summed E-state index contributed by atoms with van der Waals surface area (Å²) < 4.78 is 4.99. The van der Waals surface area contributed by atoms with Crippen molar-refractivity contribution in [3.63, 3.8) is 0 Å². The van der Waals surface area contributed by atoms with Crippen LogP contribution in [-0.4, -0.2) is 15.8 Å². The number of hydrogen-bond acceptors (Lipinski definition) is 3. The maximum Gasteiger partial charge on any atom is 0.0977 e. The van der Waals surface area contributed by atoms with Crippen molar-refractivity contribution in [2.45, 2.75) is 27.2 Å². The third-order valence-corrected chi connectivity index (χ3v) is 8.42. The molecular weight excluding hydrogens is 531 g/mol.